The topological polar surface area (TPSA) is 90.3 Å². The fraction of sp³-hybridized carbons (Fsp3) is 0.0909. The van der Waals surface area contributed by atoms with Crippen LogP contribution in [0.3, 0.4) is 0 Å². The molecule has 1 amide bonds. The van der Waals surface area contributed by atoms with Crippen molar-refractivity contribution in [2.24, 2.45) is 0 Å². The Morgan fingerprint density at radius 1 is 1.22 bits per heavy atom. The van der Waals surface area contributed by atoms with Gasteiger partial charge in [0.1, 0.15) is 10.8 Å². The van der Waals surface area contributed by atoms with E-state index >= 15 is 0 Å². The van der Waals surface area contributed by atoms with Gasteiger partial charge in [0.2, 0.25) is 0 Å². The third-order valence-corrected chi connectivity index (χ3v) is 6.36. The highest BCUT2D eigenvalue weighted by molar-refractivity contribution is 14.1. The average Bonchev–Trinajstić information content (AvgIpc) is 3.18. The lowest BCUT2D eigenvalue weighted by molar-refractivity contribution is 0.0520. The zero-order valence-corrected chi connectivity index (χ0v) is 19.6. The molecule has 0 aliphatic carbocycles. The van der Waals surface area contributed by atoms with E-state index in [-0.39, 0.29) is 33.8 Å². The number of thiophene rings is 1. The first kappa shape index (κ1) is 22.1. The second-order valence-corrected chi connectivity index (χ2v) is 8.60. The molecule has 2 heterocycles. The quantitative estimate of drug-likeness (QED) is 0.283. The number of esters is 1. The second kappa shape index (κ2) is 9.17. The smallest absolute Gasteiger partial charge is 0.359 e. The summed E-state index contributed by atoms with van der Waals surface area (Å²) in [4.78, 5) is 38.7. The Morgan fingerprint density at radius 3 is 2.72 bits per heavy atom. The van der Waals surface area contributed by atoms with Crippen molar-refractivity contribution in [2.45, 2.75) is 6.92 Å². The number of carbonyl (C=O) groups excluding carboxylic acids is 2. The minimum atomic E-state index is -0.726. The predicted molar refractivity (Wildman–Crippen MR) is 128 cm³/mol. The number of ether oxygens (including phenoxy) is 1. The normalized spacial score (nSPS) is 10.8. The van der Waals surface area contributed by atoms with E-state index in [0.29, 0.717) is 5.56 Å². The van der Waals surface area contributed by atoms with E-state index in [9.17, 15) is 18.8 Å². The van der Waals surface area contributed by atoms with Gasteiger partial charge in [-0.15, -0.1) is 11.3 Å². The van der Waals surface area contributed by atoms with E-state index in [1.807, 2.05) is 6.07 Å². The van der Waals surface area contributed by atoms with Crippen molar-refractivity contribution in [2.75, 3.05) is 11.9 Å². The number of rotatable bonds is 5. The van der Waals surface area contributed by atoms with Crippen molar-refractivity contribution >= 4 is 61.6 Å². The van der Waals surface area contributed by atoms with Gasteiger partial charge in [0.15, 0.2) is 5.69 Å². The molecule has 7 nitrogen and oxygen atoms in total. The standard InChI is InChI=1S/C22H15FIN3O4S/c1-2-31-22(30)18-15-11-32-20(25-19(28)14-8-3-4-9-16(14)24)17(15)21(29)27(26-18)13-7-5-6-12(23)10-13/h3-11H,2H2,1H3,(H,25,28). The molecular formula is C22H15FIN3O4S. The molecule has 1 N–H and O–H groups in total. The number of aromatic nitrogens is 2. The van der Waals surface area contributed by atoms with Crippen molar-refractivity contribution in [3.63, 3.8) is 0 Å². The third kappa shape index (κ3) is 4.15. The van der Waals surface area contributed by atoms with Crippen LogP contribution in [0.2, 0.25) is 0 Å². The molecule has 0 saturated carbocycles. The fourth-order valence-electron chi connectivity index (χ4n) is 3.09. The van der Waals surface area contributed by atoms with E-state index in [1.54, 1.807) is 30.5 Å². The van der Waals surface area contributed by atoms with Crippen LogP contribution in [0.5, 0.6) is 0 Å². The second-order valence-electron chi connectivity index (χ2n) is 6.55. The predicted octanol–water partition coefficient (Wildman–Crippen LogP) is 4.62. The number of carbonyl (C=O) groups is 2. The summed E-state index contributed by atoms with van der Waals surface area (Å²) in [6.45, 7) is 1.76. The van der Waals surface area contributed by atoms with E-state index in [2.05, 4.69) is 33.0 Å². The first-order valence-electron chi connectivity index (χ1n) is 9.44. The number of fused-ring (bicyclic) bond motifs is 1. The molecule has 4 aromatic rings. The van der Waals surface area contributed by atoms with Gasteiger partial charge in [-0.3, -0.25) is 9.59 Å². The summed E-state index contributed by atoms with van der Waals surface area (Å²) >= 11 is 3.14. The average molecular weight is 563 g/mol. The van der Waals surface area contributed by atoms with Crippen LogP contribution in [-0.2, 0) is 4.74 Å². The molecule has 0 unspecified atom stereocenters. The molecule has 10 heteroatoms. The Bertz CT molecular complexity index is 1420. The highest BCUT2D eigenvalue weighted by atomic mass is 127. The van der Waals surface area contributed by atoms with Crippen molar-refractivity contribution < 1.29 is 18.7 Å². The van der Waals surface area contributed by atoms with Gasteiger partial charge in [-0.1, -0.05) is 18.2 Å². The maximum Gasteiger partial charge on any atom is 0.359 e. The van der Waals surface area contributed by atoms with Crippen molar-refractivity contribution in [1.82, 2.24) is 9.78 Å². The molecular weight excluding hydrogens is 548 g/mol. The molecule has 0 atom stereocenters. The molecule has 0 aliphatic rings. The van der Waals surface area contributed by atoms with Gasteiger partial charge < -0.3 is 10.1 Å². The Balaban J connectivity index is 1.91. The first-order valence-corrected chi connectivity index (χ1v) is 11.4. The van der Waals surface area contributed by atoms with Gasteiger partial charge in [0.25, 0.3) is 11.5 Å². The van der Waals surface area contributed by atoms with Crippen LogP contribution in [0.15, 0.2) is 58.7 Å². The Labute approximate surface area is 199 Å². The number of nitrogens with zero attached hydrogens (tertiary/aromatic N) is 2. The van der Waals surface area contributed by atoms with Crippen molar-refractivity contribution in [3.05, 3.63) is 84.9 Å². The summed E-state index contributed by atoms with van der Waals surface area (Å²) in [6, 6.07) is 12.3. The van der Waals surface area contributed by atoms with Crippen LogP contribution in [0, 0.1) is 9.39 Å². The highest BCUT2D eigenvalue weighted by Gasteiger charge is 2.23. The molecule has 162 valence electrons. The lowest BCUT2D eigenvalue weighted by Gasteiger charge is -2.10. The molecule has 0 saturated heterocycles. The van der Waals surface area contributed by atoms with Crippen LogP contribution in [0.1, 0.15) is 27.8 Å². The lowest BCUT2D eigenvalue weighted by atomic mass is 10.2. The van der Waals surface area contributed by atoms with Gasteiger partial charge in [-0.2, -0.15) is 9.78 Å². The molecule has 4 rings (SSSR count). The molecule has 0 fully saturated rings. The van der Waals surface area contributed by atoms with Gasteiger partial charge in [0.05, 0.1) is 23.2 Å². The molecule has 0 aliphatic heterocycles. The number of anilines is 1. The SMILES string of the molecule is CCOC(=O)c1nn(-c2cccc(F)c2)c(=O)c2c(NC(=O)c3ccccc3I)scc12. The Kier molecular flexibility index (Phi) is 6.33. The zero-order chi connectivity index (χ0) is 22.8. The fourth-order valence-corrected chi connectivity index (χ4v) is 4.65. The van der Waals surface area contributed by atoms with Gasteiger partial charge >= 0.3 is 5.97 Å². The Hall–Kier alpha value is -3.12. The monoisotopic (exact) mass is 563 g/mol. The van der Waals surface area contributed by atoms with E-state index < -0.39 is 23.3 Å². The zero-order valence-electron chi connectivity index (χ0n) is 16.6. The minimum Gasteiger partial charge on any atom is -0.461 e. The van der Waals surface area contributed by atoms with Crippen LogP contribution in [0.25, 0.3) is 16.5 Å². The molecule has 2 aromatic carbocycles. The van der Waals surface area contributed by atoms with Crippen molar-refractivity contribution in [1.29, 1.82) is 0 Å². The summed E-state index contributed by atoms with van der Waals surface area (Å²) in [7, 11) is 0. The van der Waals surface area contributed by atoms with Crippen LogP contribution >= 0.6 is 33.9 Å². The van der Waals surface area contributed by atoms with E-state index in [0.717, 1.165) is 25.7 Å². The summed E-state index contributed by atoms with van der Waals surface area (Å²) < 4.78 is 20.6. The summed E-state index contributed by atoms with van der Waals surface area (Å²) in [6.07, 6.45) is 0. The van der Waals surface area contributed by atoms with Gasteiger partial charge in [0, 0.05) is 14.3 Å². The number of hydrogen-bond acceptors (Lipinski definition) is 6. The molecule has 0 spiro atoms. The number of nitrogens with one attached hydrogen (secondary N) is 1. The number of amides is 1. The van der Waals surface area contributed by atoms with E-state index in [1.165, 1.54) is 18.2 Å². The molecule has 32 heavy (non-hydrogen) atoms. The first-order chi connectivity index (χ1) is 15.4. The maximum absolute atomic E-state index is 13.8. The molecule has 0 bridgehead atoms. The van der Waals surface area contributed by atoms with Gasteiger partial charge in [-0.05, 0) is 59.8 Å². The van der Waals surface area contributed by atoms with Crippen LogP contribution in [0.4, 0.5) is 9.39 Å². The lowest BCUT2D eigenvalue weighted by Crippen LogP contribution is -2.25. The molecule has 0 radical (unpaired) electrons. The number of halogens is 2. The third-order valence-electron chi connectivity index (χ3n) is 4.52. The van der Waals surface area contributed by atoms with Gasteiger partial charge in [-0.25, -0.2) is 9.18 Å². The van der Waals surface area contributed by atoms with Crippen LogP contribution < -0.4 is 10.9 Å². The summed E-state index contributed by atoms with van der Waals surface area (Å²) in [5.74, 6) is -1.69. The largest absolute Gasteiger partial charge is 0.461 e. The Morgan fingerprint density at radius 2 is 2.00 bits per heavy atom. The maximum atomic E-state index is 13.8. The minimum absolute atomic E-state index is 0.0941. The molecule has 2 aromatic heterocycles. The summed E-state index contributed by atoms with van der Waals surface area (Å²) in [5, 5.41) is 9.08. The summed E-state index contributed by atoms with van der Waals surface area (Å²) in [5.41, 5.74) is -0.113. The van der Waals surface area contributed by atoms with Crippen molar-refractivity contribution in [3.8, 4) is 5.69 Å². The highest BCUT2D eigenvalue weighted by Crippen LogP contribution is 2.31. The van der Waals surface area contributed by atoms with E-state index in [4.69, 9.17) is 4.74 Å². The number of hydrogen-bond donors (Lipinski definition) is 1. The number of benzene rings is 2. The van der Waals surface area contributed by atoms with Crippen LogP contribution in [-0.4, -0.2) is 28.3 Å².